The number of nitrogens with one attached hydrogen (secondary N) is 1. The fraction of sp³-hybridized carbons (Fsp3) is 0.381. The molecule has 142 valence electrons. The van der Waals surface area contributed by atoms with Crippen molar-refractivity contribution in [1.82, 2.24) is 9.55 Å². The molecule has 0 aliphatic heterocycles. The molecule has 5 nitrogen and oxygen atoms in total. The van der Waals surface area contributed by atoms with Crippen molar-refractivity contribution in [2.45, 2.75) is 51.6 Å². The molecule has 0 spiro atoms. The largest absolute Gasteiger partial charge is 0.494 e. The molecule has 0 saturated heterocycles. The van der Waals surface area contributed by atoms with Gasteiger partial charge in [0.1, 0.15) is 5.56 Å². The Balaban J connectivity index is 1.83. The van der Waals surface area contributed by atoms with E-state index in [2.05, 4.69) is 16.1 Å². The highest BCUT2D eigenvalue weighted by molar-refractivity contribution is 7.71. The molecule has 3 rings (SSSR count). The summed E-state index contributed by atoms with van der Waals surface area (Å²) in [5.41, 5.74) is 2.15. The molecule has 27 heavy (non-hydrogen) atoms. The lowest BCUT2D eigenvalue weighted by Gasteiger charge is -2.15. The van der Waals surface area contributed by atoms with Crippen molar-refractivity contribution in [2.75, 3.05) is 0 Å². The molecule has 1 aliphatic carbocycles. The van der Waals surface area contributed by atoms with Gasteiger partial charge in [0.2, 0.25) is 5.88 Å². The fourth-order valence-corrected chi connectivity index (χ4v) is 3.56. The molecule has 1 aromatic heterocycles. The second-order valence-corrected chi connectivity index (χ2v) is 7.26. The van der Waals surface area contributed by atoms with E-state index in [1.54, 1.807) is 4.57 Å². The van der Waals surface area contributed by atoms with Gasteiger partial charge in [-0.15, -0.1) is 0 Å². The van der Waals surface area contributed by atoms with Crippen molar-refractivity contribution in [3.63, 3.8) is 0 Å². The van der Waals surface area contributed by atoms with Crippen LogP contribution in [-0.2, 0) is 6.54 Å². The molecule has 1 aromatic carbocycles. The van der Waals surface area contributed by atoms with Crippen molar-refractivity contribution < 1.29 is 5.11 Å². The van der Waals surface area contributed by atoms with Crippen LogP contribution >= 0.6 is 12.2 Å². The Morgan fingerprint density at radius 1 is 1.33 bits per heavy atom. The molecule has 0 unspecified atom stereocenters. The summed E-state index contributed by atoms with van der Waals surface area (Å²) in [5.74, 6) is -0.121. The summed E-state index contributed by atoms with van der Waals surface area (Å²) in [6.45, 7) is 2.49. The van der Waals surface area contributed by atoms with Crippen LogP contribution in [0.1, 0.15) is 56.2 Å². The third kappa shape index (κ3) is 4.83. The normalized spacial score (nSPS) is 15.7. The molecular formula is C21H25N3O2S. The zero-order valence-electron chi connectivity index (χ0n) is 15.5. The van der Waals surface area contributed by atoms with Crippen molar-refractivity contribution in [1.29, 1.82) is 0 Å². The molecule has 0 radical (unpaired) electrons. The van der Waals surface area contributed by atoms with Gasteiger partial charge in [0.25, 0.3) is 5.56 Å². The van der Waals surface area contributed by atoms with Crippen molar-refractivity contribution in [3.8, 4) is 5.88 Å². The Kier molecular flexibility index (Phi) is 6.40. The maximum Gasteiger partial charge on any atom is 0.264 e. The van der Waals surface area contributed by atoms with Crippen molar-refractivity contribution in [2.24, 2.45) is 4.99 Å². The smallest absolute Gasteiger partial charge is 0.264 e. The van der Waals surface area contributed by atoms with Gasteiger partial charge >= 0.3 is 0 Å². The highest BCUT2D eigenvalue weighted by Crippen LogP contribution is 2.22. The summed E-state index contributed by atoms with van der Waals surface area (Å²) >= 11 is 5.25. The van der Waals surface area contributed by atoms with Crippen LogP contribution in [0.3, 0.4) is 0 Å². The lowest BCUT2D eigenvalue weighted by molar-refractivity contribution is 0.402. The topological polar surface area (TPSA) is 70.4 Å². The molecule has 1 aliphatic rings. The highest BCUT2D eigenvalue weighted by Gasteiger charge is 2.13. The van der Waals surface area contributed by atoms with Crippen LogP contribution in [0.5, 0.6) is 5.88 Å². The van der Waals surface area contributed by atoms with Crippen LogP contribution in [0.25, 0.3) is 0 Å². The minimum atomic E-state index is -0.422. The Bertz CT molecular complexity index is 958. The van der Waals surface area contributed by atoms with Crippen LogP contribution in [0.2, 0.25) is 0 Å². The van der Waals surface area contributed by atoms with Gasteiger partial charge in [0, 0.05) is 12.8 Å². The number of H-pyrrole nitrogens is 1. The van der Waals surface area contributed by atoms with E-state index >= 15 is 0 Å². The fourth-order valence-electron chi connectivity index (χ4n) is 3.29. The number of benzene rings is 1. The van der Waals surface area contributed by atoms with Crippen molar-refractivity contribution >= 4 is 18.4 Å². The molecule has 1 atom stereocenters. The average Bonchev–Trinajstić information content (AvgIpc) is 2.68. The van der Waals surface area contributed by atoms with Gasteiger partial charge in [-0.05, 0) is 56.8 Å². The summed E-state index contributed by atoms with van der Waals surface area (Å²) in [6.07, 6.45) is 9.22. The van der Waals surface area contributed by atoms with E-state index in [-0.39, 0.29) is 22.3 Å². The first-order chi connectivity index (χ1) is 13.1. The predicted octanol–water partition coefficient (Wildman–Crippen LogP) is 4.68. The van der Waals surface area contributed by atoms with Crippen LogP contribution in [0.15, 0.2) is 51.8 Å². The number of aromatic hydroxyl groups is 1. The van der Waals surface area contributed by atoms with Crippen LogP contribution in [0.4, 0.5) is 0 Å². The van der Waals surface area contributed by atoms with E-state index in [1.165, 1.54) is 24.6 Å². The highest BCUT2D eigenvalue weighted by atomic mass is 32.1. The quantitative estimate of drug-likeness (QED) is 0.432. The Morgan fingerprint density at radius 3 is 2.81 bits per heavy atom. The van der Waals surface area contributed by atoms with Crippen LogP contribution in [0, 0.1) is 4.77 Å². The summed E-state index contributed by atoms with van der Waals surface area (Å²) in [7, 11) is 0. The molecule has 0 fully saturated rings. The summed E-state index contributed by atoms with van der Waals surface area (Å²) in [5, 5.41) is 10.6. The monoisotopic (exact) mass is 383 g/mol. The Labute approximate surface area is 164 Å². The van der Waals surface area contributed by atoms with Crippen LogP contribution < -0.4 is 5.56 Å². The summed E-state index contributed by atoms with van der Waals surface area (Å²) in [4.78, 5) is 19.4. The van der Waals surface area contributed by atoms with Gasteiger partial charge in [-0.1, -0.05) is 42.0 Å². The minimum absolute atomic E-state index is 0.117. The summed E-state index contributed by atoms with van der Waals surface area (Å²) < 4.78 is 1.82. The van der Waals surface area contributed by atoms with Gasteiger partial charge in [-0.3, -0.25) is 19.3 Å². The van der Waals surface area contributed by atoms with E-state index in [0.717, 1.165) is 24.8 Å². The third-order valence-electron chi connectivity index (χ3n) is 4.96. The number of aromatic nitrogens is 2. The SMILES string of the molecule is C[C@@H](N=Cc1c(O)n(CCC2=CCCCC2)c(=S)[nH]c1=O)c1ccccc1. The predicted molar refractivity (Wildman–Crippen MR) is 111 cm³/mol. The molecule has 1 heterocycles. The van der Waals surface area contributed by atoms with Gasteiger partial charge in [-0.2, -0.15) is 0 Å². The first-order valence-corrected chi connectivity index (χ1v) is 9.79. The number of hydrogen-bond acceptors (Lipinski definition) is 4. The molecule has 2 N–H and O–H groups in total. The lowest BCUT2D eigenvalue weighted by Crippen LogP contribution is -2.19. The first-order valence-electron chi connectivity index (χ1n) is 9.38. The number of aromatic amines is 1. The molecular weight excluding hydrogens is 358 g/mol. The Morgan fingerprint density at radius 2 is 2.11 bits per heavy atom. The molecule has 0 amide bonds. The number of rotatable bonds is 6. The van der Waals surface area contributed by atoms with E-state index in [9.17, 15) is 9.90 Å². The second-order valence-electron chi connectivity index (χ2n) is 6.87. The maximum absolute atomic E-state index is 12.3. The lowest BCUT2D eigenvalue weighted by atomic mass is 9.97. The zero-order valence-corrected chi connectivity index (χ0v) is 16.3. The van der Waals surface area contributed by atoms with E-state index in [0.29, 0.717) is 6.54 Å². The van der Waals surface area contributed by atoms with Gasteiger partial charge in [-0.25, -0.2) is 0 Å². The van der Waals surface area contributed by atoms with E-state index < -0.39 is 5.56 Å². The average molecular weight is 384 g/mol. The number of nitrogens with zero attached hydrogens (tertiary/aromatic N) is 2. The van der Waals surface area contributed by atoms with E-state index in [1.807, 2.05) is 37.3 Å². The van der Waals surface area contributed by atoms with Crippen LogP contribution in [-0.4, -0.2) is 20.9 Å². The molecule has 0 bridgehead atoms. The molecule has 2 aromatic rings. The number of aliphatic imine (C=N–C) groups is 1. The molecule has 0 saturated carbocycles. The number of hydrogen-bond donors (Lipinski definition) is 2. The minimum Gasteiger partial charge on any atom is -0.494 e. The van der Waals surface area contributed by atoms with Gasteiger partial charge in [0.15, 0.2) is 4.77 Å². The summed E-state index contributed by atoms with van der Waals surface area (Å²) in [6, 6.07) is 9.70. The van der Waals surface area contributed by atoms with Crippen molar-refractivity contribution in [3.05, 3.63) is 68.2 Å². The first kappa shape index (κ1) is 19.3. The number of allylic oxidation sites excluding steroid dienone is 2. The Hall–Kier alpha value is -2.47. The molecule has 6 heteroatoms. The maximum atomic E-state index is 12.3. The zero-order chi connectivity index (χ0) is 19.2. The van der Waals surface area contributed by atoms with Gasteiger partial charge in [0.05, 0.1) is 6.04 Å². The standard InChI is InChI=1S/C21H25N3O2S/c1-15(17-10-6-3-7-11-17)22-14-18-19(25)23-21(27)24(20(18)26)13-12-16-8-4-2-5-9-16/h3,6-8,10-11,14-15,26H,2,4-5,9,12-13H2,1H3,(H,23,25,27)/t15-/m1/s1. The third-order valence-corrected chi connectivity index (χ3v) is 5.28. The van der Waals surface area contributed by atoms with Gasteiger partial charge < -0.3 is 5.11 Å². The second kappa shape index (κ2) is 8.95. The van der Waals surface area contributed by atoms with E-state index in [4.69, 9.17) is 12.2 Å².